The second-order valence-corrected chi connectivity index (χ2v) is 2.83. The standard InChI is InChI=1S/C6H12N2O/c1-2-7-3-6(1)4-8-5-9-6/h7-8H,1-5H2. The third-order valence-electron chi connectivity index (χ3n) is 2.13. The van der Waals surface area contributed by atoms with Gasteiger partial charge in [0.15, 0.2) is 0 Å². The van der Waals surface area contributed by atoms with Crippen LogP contribution in [-0.2, 0) is 4.74 Å². The van der Waals surface area contributed by atoms with Crippen LogP contribution in [0.1, 0.15) is 6.42 Å². The van der Waals surface area contributed by atoms with Gasteiger partial charge < -0.3 is 10.1 Å². The quantitative estimate of drug-likeness (QED) is 0.452. The normalized spacial score (nSPS) is 42.7. The Balaban J connectivity index is 2.04. The molecule has 0 aliphatic carbocycles. The minimum absolute atomic E-state index is 0.167. The Bertz CT molecular complexity index is 86.1. The van der Waals surface area contributed by atoms with Crippen molar-refractivity contribution in [3.05, 3.63) is 0 Å². The summed E-state index contributed by atoms with van der Waals surface area (Å²) in [7, 11) is 0. The van der Waals surface area contributed by atoms with Crippen LogP contribution in [0.3, 0.4) is 0 Å². The SMILES string of the molecule is C1CC2(CN1)CNCO2. The van der Waals surface area contributed by atoms with Gasteiger partial charge in [-0.2, -0.15) is 0 Å². The van der Waals surface area contributed by atoms with Crippen LogP contribution in [0.15, 0.2) is 0 Å². The molecule has 2 aliphatic rings. The second kappa shape index (κ2) is 1.94. The first-order chi connectivity index (χ1) is 4.41. The van der Waals surface area contributed by atoms with Gasteiger partial charge in [0.1, 0.15) is 0 Å². The fourth-order valence-corrected chi connectivity index (χ4v) is 1.53. The van der Waals surface area contributed by atoms with Crippen LogP contribution in [0, 0.1) is 0 Å². The van der Waals surface area contributed by atoms with E-state index >= 15 is 0 Å². The molecule has 0 aromatic rings. The zero-order valence-corrected chi connectivity index (χ0v) is 5.44. The molecule has 2 aliphatic heterocycles. The molecule has 3 nitrogen and oxygen atoms in total. The van der Waals surface area contributed by atoms with Crippen molar-refractivity contribution in [2.75, 3.05) is 26.4 Å². The van der Waals surface area contributed by atoms with E-state index in [9.17, 15) is 0 Å². The Morgan fingerprint density at radius 1 is 1.22 bits per heavy atom. The maximum Gasteiger partial charge on any atom is 0.0975 e. The highest BCUT2D eigenvalue weighted by Crippen LogP contribution is 2.21. The van der Waals surface area contributed by atoms with Crippen molar-refractivity contribution in [2.45, 2.75) is 12.0 Å². The molecule has 0 amide bonds. The second-order valence-electron chi connectivity index (χ2n) is 2.83. The van der Waals surface area contributed by atoms with Crippen LogP contribution in [-0.4, -0.2) is 32.0 Å². The van der Waals surface area contributed by atoms with Crippen LogP contribution in [0.5, 0.6) is 0 Å². The van der Waals surface area contributed by atoms with Crippen LogP contribution in [0.4, 0.5) is 0 Å². The summed E-state index contributed by atoms with van der Waals surface area (Å²) in [4.78, 5) is 0. The summed E-state index contributed by atoms with van der Waals surface area (Å²) >= 11 is 0. The molecule has 2 fully saturated rings. The van der Waals surface area contributed by atoms with Crippen LogP contribution in [0.2, 0.25) is 0 Å². The van der Waals surface area contributed by atoms with Crippen molar-refractivity contribution >= 4 is 0 Å². The Kier molecular flexibility index (Phi) is 1.22. The molecule has 2 heterocycles. The first-order valence-electron chi connectivity index (χ1n) is 3.47. The molecule has 0 aromatic carbocycles. The molecule has 1 spiro atoms. The first-order valence-corrected chi connectivity index (χ1v) is 3.47. The maximum atomic E-state index is 5.53. The van der Waals surface area contributed by atoms with Crippen LogP contribution < -0.4 is 10.6 Å². The van der Waals surface area contributed by atoms with Gasteiger partial charge in [-0.3, -0.25) is 5.32 Å². The average Bonchev–Trinajstić information content (AvgIpc) is 2.45. The van der Waals surface area contributed by atoms with Gasteiger partial charge in [-0.05, 0) is 13.0 Å². The molecule has 9 heavy (non-hydrogen) atoms. The number of ether oxygens (including phenoxy) is 1. The van der Waals surface area contributed by atoms with Gasteiger partial charge in [-0.1, -0.05) is 0 Å². The topological polar surface area (TPSA) is 33.3 Å². The predicted octanol–water partition coefficient (Wildman–Crippen LogP) is -0.704. The van der Waals surface area contributed by atoms with Gasteiger partial charge in [0, 0.05) is 13.1 Å². The summed E-state index contributed by atoms with van der Waals surface area (Å²) in [5.41, 5.74) is 0.167. The molecule has 2 saturated heterocycles. The highest BCUT2D eigenvalue weighted by atomic mass is 16.5. The summed E-state index contributed by atoms with van der Waals surface area (Å²) < 4.78 is 5.53. The smallest absolute Gasteiger partial charge is 0.0975 e. The lowest BCUT2D eigenvalue weighted by Crippen LogP contribution is -2.35. The molecule has 2 rings (SSSR count). The van der Waals surface area contributed by atoms with Gasteiger partial charge in [0.25, 0.3) is 0 Å². The van der Waals surface area contributed by atoms with E-state index in [2.05, 4.69) is 10.6 Å². The Labute approximate surface area is 54.8 Å². The summed E-state index contributed by atoms with van der Waals surface area (Å²) in [6.07, 6.45) is 1.17. The van der Waals surface area contributed by atoms with E-state index in [-0.39, 0.29) is 5.60 Å². The van der Waals surface area contributed by atoms with E-state index in [1.807, 2.05) is 0 Å². The summed E-state index contributed by atoms with van der Waals surface area (Å²) in [6.45, 7) is 3.91. The van der Waals surface area contributed by atoms with Crippen molar-refractivity contribution in [3.63, 3.8) is 0 Å². The molecule has 0 bridgehead atoms. The lowest BCUT2D eigenvalue weighted by molar-refractivity contribution is 0.0279. The lowest BCUT2D eigenvalue weighted by atomic mass is 10.1. The van der Waals surface area contributed by atoms with Crippen molar-refractivity contribution < 1.29 is 4.74 Å². The van der Waals surface area contributed by atoms with Crippen molar-refractivity contribution in [2.24, 2.45) is 0 Å². The Morgan fingerprint density at radius 2 is 2.11 bits per heavy atom. The minimum atomic E-state index is 0.167. The molecule has 3 heteroatoms. The van der Waals surface area contributed by atoms with E-state index in [1.165, 1.54) is 6.42 Å². The lowest BCUT2D eigenvalue weighted by Gasteiger charge is -2.18. The highest BCUT2D eigenvalue weighted by molar-refractivity contribution is 4.93. The third kappa shape index (κ3) is 0.852. The van der Waals surface area contributed by atoms with E-state index in [4.69, 9.17) is 4.74 Å². The van der Waals surface area contributed by atoms with Crippen LogP contribution in [0.25, 0.3) is 0 Å². The number of nitrogens with one attached hydrogen (secondary N) is 2. The number of hydrogen-bond acceptors (Lipinski definition) is 3. The van der Waals surface area contributed by atoms with Gasteiger partial charge in [0.05, 0.1) is 12.3 Å². The van der Waals surface area contributed by atoms with E-state index < -0.39 is 0 Å². The summed E-state index contributed by atoms with van der Waals surface area (Å²) in [5.74, 6) is 0. The molecule has 1 atom stereocenters. The zero-order valence-electron chi connectivity index (χ0n) is 5.44. The fraction of sp³-hybridized carbons (Fsp3) is 1.00. The van der Waals surface area contributed by atoms with E-state index in [0.717, 1.165) is 26.4 Å². The molecular weight excluding hydrogens is 116 g/mol. The van der Waals surface area contributed by atoms with E-state index in [1.54, 1.807) is 0 Å². The van der Waals surface area contributed by atoms with Crippen LogP contribution >= 0.6 is 0 Å². The number of rotatable bonds is 0. The monoisotopic (exact) mass is 128 g/mol. The number of hydrogen-bond donors (Lipinski definition) is 2. The average molecular weight is 128 g/mol. The maximum absolute atomic E-state index is 5.53. The highest BCUT2D eigenvalue weighted by Gasteiger charge is 2.37. The Morgan fingerprint density at radius 3 is 2.67 bits per heavy atom. The van der Waals surface area contributed by atoms with Gasteiger partial charge in [-0.15, -0.1) is 0 Å². The Hall–Kier alpha value is -0.120. The molecule has 0 saturated carbocycles. The first kappa shape index (κ1) is 5.65. The molecule has 1 unspecified atom stereocenters. The summed E-state index contributed by atoms with van der Waals surface area (Å²) in [5, 5.41) is 6.48. The van der Waals surface area contributed by atoms with Gasteiger partial charge >= 0.3 is 0 Å². The largest absolute Gasteiger partial charge is 0.357 e. The van der Waals surface area contributed by atoms with Crippen molar-refractivity contribution in [1.82, 2.24) is 10.6 Å². The predicted molar refractivity (Wildman–Crippen MR) is 34.2 cm³/mol. The molecular formula is C6H12N2O. The molecule has 0 aromatic heterocycles. The molecule has 2 N–H and O–H groups in total. The molecule has 52 valence electrons. The molecule has 0 radical (unpaired) electrons. The zero-order chi connectivity index (χ0) is 6.16. The van der Waals surface area contributed by atoms with Gasteiger partial charge in [-0.25, -0.2) is 0 Å². The minimum Gasteiger partial charge on any atom is -0.357 e. The van der Waals surface area contributed by atoms with Crippen molar-refractivity contribution in [3.8, 4) is 0 Å². The van der Waals surface area contributed by atoms with Crippen molar-refractivity contribution in [1.29, 1.82) is 0 Å². The van der Waals surface area contributed by atoms with Gasteiger partial charge in [0.2, 0.25) is 0 Å². The summed E-state index contributed by atoms with van der Waals surface area (Å²) in [6, 6.07) is 0. The van der Waals surface area contributed by atoms with E-state index in [0.29, 0.717) is 0 Å². The fourth-order valence-electron chi connectivity index (χ4n) is 1.53. The third-order valence-corrected chi connectivity index (χ3v) is 2.13.